The molecule has 1 N–H and O–H groups in total. The minimum absolute atomic E-state index is 0.575. The lowest BCUT2D eigenvalue weighted by atomic mass is 10.0. The number of aromatic nitrogens is 2. The van der Waals surface area contributed by atoms with Gasteiger partial charge in [0.15, 0.2) is 0 Å². The van der Waals surface area contributed by atoms with Gasteiger partial charge >= 0.3 is 0 Å². The molecule has 1 saturated heterocycles. The highest BCUT2D eigenvalue weighted by Crippen LogP contribution is 2.27. The summed E-state index contributed by atoms with van der Waals surface area (Å²) in [4.78, 5) is 2.72. The van der Waals surface area contributed by atoms with E-state index in [2.05, 4.69) is 63.8 Å². The average molecular weight is 373 g/mol. The minimum Gasteiger partial charge on any atom is -0.309 e. The van der Waals surface area contributed by atoms with Crippen LogP contribution in [0, 0.1) is 0 Å². The van der Waals surface area contributed by atoms with E-state index in [-0.39, 0.29) is 0 Å². The molecule has 4 nitrogen and oxygen atoms in total. The molecule has 0 amide bonds. The Labute approximate surface area is 167 Å². The standard InChI is InChI=1S/C24H28N4/c1-2-8-21-16-24(15-20(21)7-1)27-12-4-9-22(18-27)25-17-19-6-3-10-23(14-19)28-13-5-11-26-28/h1-3,5-8,10-11,13-14,22,24-25H,4,9,12,15-18H2/t22-/m0/s1. The third kappa shape index (κ3) is 3.75. The smallest absolute Gasteiger partial charge is 0.0648 e. The van der Waals surface area contributed by atoms with Gasteiger partial charge in [-0.1, -0.05) is 36.4 Å². The monoisotopic (exact) mass is 372 g/mol. The molecule has 2 heterocycles. The van der Waals surface area contributed by atoms with Crippen molar-refractivity contribution in [2.45, 2.75) is 44.3 Å². The molecule has 0 bridgehead atoms. The molecule has 3 aromatic rings. The van der Waals surface area contributed by atoms with Crippen LogP contribution in [-0.2, 0) is 19.4 Å². The Morgan fingerprint density at radius 2 is 1.86 bits per heavy atom. The predicted octanol–water partition coefficient (Wildman–Crippen LogP) is 3.59. The quantitative estimate of drug-likeness (QED) is 0.743. The van der Waals surface area contributed by atoms with Crippen LogP contribution in [0.5, 0.6) is 0 Å². The summed E-state index contributed by atoms with van der Waals surface area (Å²) < 4.78 is 1.92. The fraction of sp³-hybridized carbons (Fsp3) is 0.375. The molecule has 0 unspecified atom stereocenters. The highest BCUT2D eigenvalue weighted by Gasteiger charge is 2.30. The Balaban J connectivity index is 1.19. The molecule has 144 valence electrons. The van der Waals surface area contributed by atoms with Crippen LogP contribution in [0.2, 0.25) is 0 Å². The molecule has 2 aliphatic rings. The molecule has 0 spiro atoms. The van der Waals surface area contributed by atoms with E-state index < -0.39 is 0 Å². The van der Waals surface area contributed by atoms with E-state index in [0.29, 0.717) is 12.1 Å². The second kappa shape index (κ2) is 7.90. The van der Waals surface area contributed by atoms with Crippen LogP contribution in [0.25, 0.3) is 5.69 Å². The minimum atomic E-state index is 0.575. The first-order valence-electron chi connectivity index (χ1n) is 10.5. The van der Waals surface area contributed by atoms with Crippen molar-refractivity contribution in [2.24, 2.45) is 0 Å². The van der Waals surface area contributed by atoms with Crippen LogP contribution in [0.4, 0.5) is 0 Å². The first kappa shape index (κ1) is 17.7. The molecular weight excluding hydrogens is 344 g/mol. The molecule has 4 heteroatoms. The van der Waals surface area contributed by atoms with Crippen LogP contribution in [0.15, 0.2) is 67.0 Å². The topological polar surface area (TPSA) is 33.1 Å². The summed E-state index contributed by atoms with van der Waals surface area (Å²) in [5.74, 6) is 0. The van der Waals surface area contributed by atoms with Gasteiger partial charge in [-0.05, 0) is 67.1 Å². The second-order valence-electron chi connectivity index (χ2n) is 8.17. The van der Waals surface area contributed by atoms with Crippen molar-refractivity contribution in [2.75, 3.05) is 13.1 Å². The zero-order chi connectivity index (χ0) is 18.8. The number of hydrogen-bond donors (Lipinski definition) is 1. The lowest BCUT2D eigenvalue weighted by Crippen LogP contribution is -2.49. The van der Waals surface area contributed by atoms with Gasteiger partial charge in [-0.3, -0.25) is 4.90 Å². The van der Waals surface area contributed by atoms with Gasteiger partial charge < -0.3 is 5.32 Å². The zero-order valence-corrected chi connectivity index (χ0v) is 16.3. The van der Waals surface area contributed by atoms with Crippen molar-refractivity contribution in [1.82, 2.24) is 20.0 Å². The van der Waals surface area contributed by atoms with E-state index in [1.807, 2.05) is 23.1 Å². The summed E-state index contributed by atoms with van der Waals surface area (Å²) in [5, 5.41) is 8.15. The lowest BCUT2D eigenvalue weighted by Gasteiger charge is -2.37. The van der Waals surface area contributed by atoms with Gasteiger partial charge in [-0.2, -0.15) is 5.10 Å². The van der Waals surface area contributed by atoms with Gasteiger partial charge in [-0.25, -0.2) is 4.68 Å². The molecule has 1 aliphatic carbocycles. The molecule has 5 rings (SSSR count). The number of nitrogens with one attached hydrogen (secondary N) is 1. The van der Waals surface area contributed by atoms with Crippen LogP contribution < -0.4 is 5.32 Å². The third-order valence-corrected chi connectivity index (χ3v) is 6.27. The lowest BCUT2D eigenvalue weighted by molar-refractivity contribution is 0.140. The van der Waals surface area contributed by atoms with Crippen LogP contribution in [0.1, 0.15) is 29.5 Å². The van der Waals surface area contributed by atoms with Crippen molar-refractivity contribution in [3.05, 3.63) is 83.7 Å². The van der Waals surface area contributed by atoms with Gasteiger partial charge in [0.1, 0.15) is 0 Å². The first-order valence-corrected chi connectivity index (χ1v) is 10.5. The van der Waals surface area contributed by atoms with Crippen molar-refractivity contribution in [3.63, 3.8) is 0 Å². The van der Waals surface area contributed by atoms with Gasteiger partial charge in [0.25, 0.3) is 0 Å². The van der Waals surface area contributed by atoms with E-state index in [4.69, 9.17) is 0 Å². The highest BCUT2D eigenvalue weighted by molar-refractivity contribution is 5.35. The second-order valence-corrected chi connectivity index (χ2v) is 8.17. The van der Waals surface area contributed by atoms with Gasteiger partial charge in [0.05, 0.1) is 5.69 Å². The number of piperidine rings is 1. The molecule has 0 radical (unpaired) electrons. The SMILES string of the molecule is c1cc(CN[C@H]2CCCN(C3Cc4ccccc4C3)C2)cc(-n2cccn2)c1. The number of rotatable bonds is 5. The molecule has 1 aromatic heterocycles. The Bertz CT molecular complexity index is 893. The molecule has 1 atom stereocenters. The number of fused-ring (bicyclic) bond motifs is 1. The third-order valence-electron chi connectivity index (χ3n) is 6.27. The summed E-state index contributed by atoms with van der Waals surface area (Å²) in [6.07, 6.45) is 8.81. The molecule has 1 aliphatic heterocycles. The zero-order valence-electron chi connectivity index (χ0n) is 16.3. The Kier molecular flexibility index (Phi) is 4.98. The van der Waals surface area contributed by atoms with E-state index in [1.165, 1.54) is 37.8 Å². The largest absolute Gasteiger partial charge is 0.309 e. The first-order chi connectivity index (χ1) is 13.8. The maximum Gasteiger partial charge on any atom is 0.0648 e. The van der Waals surface area contributed by atoms with Crippen molar-refractivity contribution in [1.29, 1.82) is 0 Å². The summed E-state index contributed by atoms with van der Waals surface area (Å²) in [7, 11) is 0. The summed E-state index contributed by atoms with van der Waals surface area (Å²) in [5.41, 5.74) is 5.55. The predicted molar refractivity (Wildman–Crippen MR) is 113 cm³/mol. The average Bonchev–Trinajstić information content (AvgIpc) is 3.43. The van der Waals surface area contributed by atoms with Gasteiger partial charge in [-0.15, -0.1) is 0 Å². The summed E-state index contributed by atoms with van der Waals surface area (Å²) in [6.45, 7) is 3.32. The van der Waals surface area contributed by atoms with Crippen LogP contribution >= 0.6 is 0 Å². The van der Waals surface area contributed by atoms with E-state index in [0.717, 1.165) is 18.8 Å². The van der Waals surface area contributed by atoms with Crippen molar-refractivity contribution in [3.8, 4) is 5.69 Å². The molecule has 28 heavy (non-hydrogen) atoms. The molecular formula is C24H28N4. The number of benzene rings is 2. The van der Waals surface area contributed by atoms with Crippen LogP contribution in [0.3, 0.4) is 0 Å². The molecule has 1 fully saturated rings. The van der Waals surface area contributed by atoms with E-state index >= 15 is 0 Å². The Morgan fingerprint density at radius 1 is 1.00 bits per heavy atom. The maximum atomic E-state index is 4.34. The fourth-order valence-corrected chi connectivity index (χ4v) is 4.79. The normalized spacial score (nSPS) is 20.4. The summed E-state index contributed by atoms with van der Waals surface area (Å²) in [6, 6.07) is 20.9. The van der Waals surface area contributed by atoms with E-state index in [9.17, 15) is 0 Å². The summed E-state index contributed by atoms with van der Waals surface area (Å²) >= 11 is 0. The van der Waals surface area contributed by atoms with Crippen LogP contribution in [-0.4, -0.2) is 39.9 Å². The maximum absolute atomic E-state index is 4.34. The number of nitrogens with zero attached hydrogens (tertiary/aromatic N) is 3. The Morgan fingerprint density at radius 3 is 2.64 bits per heavy atom. The van der Waals surface area contributed by atoms with E-state index in [1.54, 1.807) is 11.1 Å². The van der Waals surface area contributed by atoms with Crippen molar-refractivity contribution < 1.29 is 0 Å². The number of hydrogen-bond acceptors (Lipinski definition) is 3. The van der Waals surface area contributed by atoms with Crippen molar-refractivity contribution >= 4 is 0 Å². The van der Waals surface area contributed by atoms with Gasteiger partial charge in [0, 0.05) is 37.6 Å². The number of likely N-dealkylation sites (tertiary alicyclic amines) is 1. The van der Waals surface area contributed by atoms with Gasteiger partial charge in [0.2, 0.25) is 0 Å². The molecule has 0 saturated carbocycles. The molecule has 2 aromatic carbocycles. The fourth-order valence-electron chi connectivity index (χ4n) is 4.79. The highest BCUT2D eigenvalue weighted by atomic mass is 15.3. The Hall–Kier alpha value is -2.43.